The number of rotatable bonds is 7. The third kappa shape index (κ3) is 3.90. The van der Waals surface area contributed by atoms with E-state index in [0.717, 1.165) is 17.7 Å². The van der Waals surface area contributed by atoms with Gasteiger partial charge in [-0.25, -0.2) is 13.8 Å². The summed E-state index contributed by atoms with van der Waals surface area (Å²) in [4.78, 5) is 4.31. The maximum absolute atomic E-state index is 13.6. The molecule has 0 aliphatic rings. The monoisotopic (exact) mass is 361 g/mol. The van der Waals surface area contributed by atoms with Crippen LogP contribution in [0.4, 0.5) is 8.78 Å². The van der Waals surface area contributed by atoms with Crippen LogP contribution in [0.15, 0.2) is 36.4 Å². The summed E-state index contributed by atoms with van der Waals surface area (Å²) in [5, 5.41) is 6.86. The average Bonchev–Trinajstić information content (AvgIpc) is 3.10. The van der Waals surface area contributed by atoms with Gasteiger partial charge in [-0.05, 0) is 37.3 Å². The van der Waals surface area contributed by atoms with Crippen molar-refractivity contribution < 1.29 is 23.0 Å². The van der Waals surface area contributed by atoms with Crippen LogP contribution in [0.1, 0.15) is 12.7 Å². The van der Waals surface area contributed by atoms with E-state index < -0.39 is 11.6 Å². The van der Waals surface area contributed by atoms with Gasteiger partial charge < -0.3 is 14.2 Å². The zero-order valence-electron chi connectivity index (χ0n) is 14.3. The average molecular weight is 361 g/mol. The van der Waals surface area contributed by atoms with Gasteiger partial charge in [0.2, 0.25) is 0 Å². The Morgan fingerprint density at radius 3 is 2.54 bits per heavy atom. The number of hydrogen-bond donors (Lipinski definition) is 1. The fourth-order valence-corrected chi connectivity index (χ4v) is 2.31. The first-order chi connectivity index (χ1) is 12.6. The molecule has 3 aromatic rings. The van der Waals surface area contributed by atoms with Crippen LogP contribution >= 0.6 is 0 Å². The molecule has 0 unspecified atom stereocenters. The lowest BCUT2D eigenvalue weighted by Gasteiger charge is -2.09. The largest absolute Gasteiger partial charge is 0.493 e. The standard InChI is InChI=1S/C18H17F2N3O3/c1-3-25-16-8-11(4-6-15(16)24-2)18-21-17(22-23-18)10-26-14-7-5-12(19)9-13(14)20/h4-9H,3,10H2,1-2H3,(H,21,22,23). The summed E-state index contributed by atoms with van der Waals surface area (Å²) in [6.45, 7) is 2.34. The van der Waals surface area contributed by atoms with Crippen LogP contribution in [-0.2, 0) is 6.61 Å². The summed E-state index contributed by atoms with van der Waals surface area (Å²) < 4.78 is 42.6. The Morgan fingerprint density at radius 2 is 1.81 bits per heavy atom. The molecule has 3 rings (SSSR count). The van der Waals surface area contributed by atoms with Gasteiger partial charge in [0.25, 0.3) is 0 Å². The van der Waals surface area contributed by atoms with E-state index >= 15 is 0 Å². The summed E-state index contributed by atoms with van der Waals surface area (Å²) in [6.07, 6.45) is 0. The number of ether oxygens (including phenoxy) is 3. The number of benzene rings is 2. The highest BCUT2D eigenvalue weighted by molar-refractivity contribution is 5.60. The summed E-state index contributed by atoms with van der Waals surface area (Å²) in [5.74, 6) is 0.532. The highest BCUT2D eigenvalue weighted by Crippen LogP contribution is 2.31. The molecule has 1 N–H and O–H groups in total. The lowest BCUT2D eigenvalue weighted by atomic mass is 10.2. The van der Waals surface area contributed by atoms with Crippen LogP contribution in [-0.4, -0.2) is 28.9 Å². The summed E-state index contributed by atoms with van der Waals surface area (Å²) in [6, 6.07) is 8.44. The SMILES string of the molecule is CCOc1cc(-c2n[nH]c(COc3ccc(F)cc3F)n2)ccc1OC. The topological polar surface area (TPSA) is 69.3 Å². The molecule has 8 heteroatoms. The predicted molar refractivity (Wildman–Crippen MR) is 90.2 cm³/mol. The Hall–Kier alpha value is -3.16. The predicted octanol–water partition coefficient (Wildman–Crippen LogP) is 3.74. The molecule has 2 aromatic carbocycles. The number of aromatic amines is 1. The van der Waals surface area contributed by atoms with E-state index in [-0.39, 0.29) is 12.4 Å². The fraction of sp³-hybridized carbons (Fsp3) is 0.222. The van der Waals surface area contributed by atoms with Crippen LogP contribution in [0.25, 0.3) is 11.4 Å². The first-order valence-corrected chi connectivity index (χ1v) is 7.91. The van der Waals surface area contributed by atoms with Gasteiger partial charge >= 0.3 is 0 Å². The van der Waals surface area contributed by atoms with Crippen molar-refractivity contribution in [2.45, 2.75) is 13.5 Å². The number of halogens is 2. The fourth-order valence-electron chi connectivity index (χ4n) is 2.31. The van der Waals surface area contributed by atoms with E-state index in [9.17, 15) is 8.78 Å². The molecule has 0 bridgehead atoms. The van der Waals surface area contributed by atoms with Gasteiger partial charge in [-0.1, -0.05) is 0 Å². The quantitative estimate of drug-likeness (QED) is 0.694. The van der Waals surface area contributed by atoms with Crippen molar-refractivity contribution in [3.05, 3.63) is 53.9 Å². The summed E-state index contributed by atoms with van der Waals surface area (Å²) in [7, 11) is 1.56. The van der Waals surface area contributed by atoms with Crippen molar-refractivity contribution >= 4 is 0 Å². The maximum Gasteiger partial charge on any atom is 0.181 e. The lowest BCUT2D eigenvalue weighted by molar-refractivity contribution is 0.280. The van der Waals surface area contributed by atoms with Crippen LogP contribution in [0.2, 0.25) is 0 Å². The lowest BCUT2D eigenvalue weighted by Crippen LogP contribution is -1.99. The number of methoxy groups -OCH3 is 1. The first-order valence-electron chi connectivity index (χ1n) is 7.91. The first kappa shape index (κ1) is 17.7. The van der Waals surface area contributed by atoms with Crippen LogP contribution < -0.4 is 14.2 Å². The molecule has 0 spiro atoms. The van der Waals surface area contributed by atoms with E-state index in [1.165, 1.54) is 6.07 Å². The normalized spacial score (nSPS) is 10.6. The minimum absolute atomic E-state index is 0.0377. The number of nitrogens with zero attached hydrogens (tertiary/aromatic N) is 2. The number of aromatic nitrogens is 3. The van der Waals surface area contributed by atoms with E-state index in [1.54, 1.807) is 25.3 Å². The van der Waals surface area contributed by atoms with E-state index in [4.69, 9.17) is 14.2 Å². The third-order valence-electron chi connectivity index (χ3n) is 3.51. The van der Waals surface area contributed by atoms with Gasteiger partial charge in [0.1, 0.15) is 12.4 Å². The van der Waals surface area contributed by atoms with Crippen molar-refractivity contribution in [1.29, 1.82) is 0 Å². The minimum Gasteiger partial charge on any atom is -0.493 e. The van der Waals surface area contributed by atoms with E-state index in [2.05, 4.69) is 15.2 Å². The molecule has 136 valence electrons. The van der Waals surface area contributed by atoms with Crippen LogP contribution in [0.5, 0.6) is 17.2 Å². The highest BCUT2D eigenvalue weighted by atomic mass is 19.1. The summed E-state index contributed by atoms with van der Waals surface area (Å²) in [5.41, 5.74) is 0.727. The zero-order valence-corrected chi connectivity index (χ0v) is 14.3. The van der Waals surface area contributed by atoms with Crippen molar-refractivity contribution in [2.75, 3.05) is 13.7 Å². The molecule has 0 saturated carbocycles. The van der Waals surface area contributed by atoms with Crippen molar-refractivity contribution in [1.82, 2.24) is 15.2 Å². The van der Waals surface area contributed by atoms with Crippen LogP contribution in [0, 0.1) is 11.6 Å². The third-order valence-corrected chi connectivity index (χ3v) is 3.51. The Labute approximate surface area is 148 Å². The second-order valence-corrected chi connectivity index (χ2v) is 5.27. The second kappa shape index (κ2) is 7.81. The molecule has 1 aromatic heterocycles. The molecule has 0 aliphatic carbocycles. The number of nitrogens with one attached hydrogen (secondary N) is 1. The smallest absolute Gasteiger partial charge is 0.181 e. The molecule has 26 heavy (non-hydrogen) atoms. The van der Waals surface area contributed by atoms with Crippen LogP contribution in [0.3, 0.4) is 0 Å². The Kier molecular flexibility index (Phi) is 5.31. The minimum atomic E-state index is -0.777. The van der Waals surface area contributed by atoms with E-state index in [0.29, 0.717) is 29.8 Å². The molecule has 6 nitrogen and oxygen atoms in total. The van der Waals surface area contributed by atoms with Gasteiger partial charge in [-0.3, -0.25) is 5.10 Å². The van der Waals surface area contributed by atoms with Crippen molar-refractivity contribution in [3.8, 4) is 28.6 Å². The summed E-state index contributed by atoms with van der Waals surface area (Å²) >= 11 is 0. The molecule has 1 heterocycles. The molecule has 0 radical (unpaired) electrons. The molecule has 0 aliphatic heterocycles. The number of hydrogen-bond acceptors (Lipinski definition) is 5. The van der Waals surface area contributed by atoms with Crippen molar-refractivity contribution in [2.24, 2.45) is 0 Å². The number of H-pyrrole nitrogens is 1. The van der Waals surface area contributed by atoms with Crippen molar-refractivity contribution in [3.63, 3.8) is 0 Å². The van der Waals surface area contributed by atoms with Gasteiger partial charge in [-0.15, -0.1) is 0 Å². The Bertz CT molecular complexity index is 899. The van der Waals surface area contributed by atoms with Gasteiger partial charge in [0, 0.05) is 11.6 Å². The van der Waals surface area contributed by atoms with Gasteiger partial charge in [-0.2, -0.15) is 5.10 Å². The molecule has 0 fully saturated rings. The molecular formula is C18H17F2N3O3. The molecule has 0 amide bonds. The Morgan fingerprint density at radius 1 is 1.00 bits per heavy atom. The highest BCUT2D eigenvalue weighted by Gasteiger charge is 2.12. The molecule has 0 saturated heterocycles. The zero-order chi connectivity index (χ0) is 18.5. The maximum atomic E-state index is 13.6. The van der Waals surface area contributed by atoms with Gasteiger partial charge in [0.15, 0.2) is 34.7 Å². The molecule has 0 atom stereocenters. The molecular weight excluding hydrogens is 344 g/mol. The second-order valence-electron chi connectivity index (χ2n) is 5.27. The Balaban J connectivity index is 1.74. The van der Waals surface area contributed by atoms with Gasteiger partial charge in [0.05, 0.1) is 13.7 Å². The van der Waals surface area contributed by atoms with E-state index in [1.807, 2.05) is 6.92 Å².